The minimum Gasteiger partial charge on any atom is -0.487 e. The van der Waals surface area contributed by atoms with Gasteiger partial charge < -0.3 is 9.47 Å². The van der Waals surface area contributed by atoms with Crippen LogP contribution in [0.15, 0.2) is 30.4 Å². The zero-order valence-electron chi connectivity index (χ0n) is 9.94. The number of carbonyl (C=O) groups excluding carboxylic acids is 2. The van der Waals surface area contributed by atoms with Gasteiger partial charge in [-0.15, -0.1) is 0 Å². The van der Waals surface area contributed by atoms with E-state index in [1.54, 1.807) is 19.1 Å². The Morgan fingerprint density at radius 1 is 1.50 bits per heavy atom. The third-order valence-electron chi connectivity index (χ3n) is 2.06. The summed E-state index contributed by atoms with van der Waals surface area (Å²) >= 11 is 5.90. The topological polar surface area (TPSA) is 52.6 Å². The summed E-state index contributed by atoms with van der Waals surface area (Å²) in [7, 11) is 0. The van der Waals surface area contributed by atoms with Gasteiger partial charge in [-0.3, -0.25) is 4.79 Å². The van der Waals surface area contributed by atoms with Crippen LogP contribution in [0.25, 0.3) is 0 Å². The fourth-order valence-electron chi connectivity index (χ4n) is 1.16. The molecule has 0 heterocycles. The second-order valence-electron chi connectivity index (χ2n) is 3.42. The molecule has 0 saturated carbocycles. The van der Waals surface area contributed by atoms with E-state index in [2.05, 4.69) is 6.58 Å². The minimum absolute atomic E-state index is 0.0149. The van der Waals surface area contributed by atoms with Crippen LogP contribution in [-0.4, -0.2) is 25.5 Å². The van der Waals surface area contributed by atoms with E-state index >= 15 is 0 Å². The first-order valence-corrected chi connectivity index (χ1v) is 5.68. The van der Waals surface area contributed by atoms with E-state index in [0.717, 1.165) is 0 Å². The Morgan fingerprint density at radius 2 is 2.22 bits per heavy atom. The lowest BCUT2D eigenvalue weighted by Crippen LogP contribution is -2.13. The molecule has 0 amide bonds. The van der Waals surface area contributed by atoms with E-state index in [-0.39, 0.29) is 18.8 Å². The van der Waals surface area contributed by atoms with Crippen LogP contribution in [0.2, 0.25) is 5.02 Å². The van der Waals surface area contributed by atoms with Crippen molar-refractivity contribution in [3.8, 4) is 5.75 Å². The molecule has 1 aromatic rings. The number of aldehydes is 1. The molecule has 1 aromatic carbocycles. The normalized spacial score (nSPS) is 9.67. The fourth-order valence-corrected chi connectivity index (χ4v) is 1.41. The summed E-state index contributed by atoms with van der Waals surface area (Å²) in [6.07, 6.45) is 0.688. The highest BCUT2D eigenvalue weighted by Gasteiger charge is 2.10. The summed E-state index contributed by atoms with van der Waals surface area (Å²) in [4.78, 5) is 21.8. The van der Waals surface area contributed by atoms with Gasteiger partial charge in [-0.05, 0) is 25.1 Å². The lowest BCUT2D eigenvalue weighted by atomic mass is 10.2. The van der Waals surface area contributed by atoms with Crippen LogP contribution >= 0.6 is 11.6 Å². The van der Waals surface area contributed by atoms with Crippen molar-refractivity contribution in [2.24, 2.45) is 0 Å². The number of benzene rings is 1. The van der Waals surface area contributed by atoms with Gasteiger partial charge in [-0.2, -0.15) is 0 Å². The maximum absolute atomic E-state index is 11.3. The monoisotopic (exact) mass is 268 g/mol. The van der Waals surface area contributed by atoms with Crippen molar-refractivity contribution < 1.29 is 19.1 Å². The van der Waals surface area contributed by atoms with Crippen molar-refractivity contribution in [1.29, 1.82) is 0 Å². The molecule has 96 valence electrons. The molecule has 0 aliphatic heterocycles. The predicted molar refractivity (Wildman–Crippen MR) is 68.1 cm³/mol. The number of ether oxygens (including phenoxy) is 2. The molecule has 0 bridgehead atoms. The van der Waals surface area contributed by atoms with Crippen molar-refractivity contribution in [2.45, 2.75) is 6.92 Å². The van der Waals surface area contributed by atoms with Crippen LogP contribution in [0.4, 0.5) is 0 Å². The summed E-state index contributed by atoms with van der Waals surface area (Å²) in [5.74, 6) is -0.120. The number of esters is 1. The summed E-state index contributed by atoms with van der Waals surface area (Å²) in [5.41, 5.74) is 0.656. The first kappa shape index (κ1) is 14.3. The molecule has 0 spiro atoms. The number of halogens is 1. The first-order chi connectivity index (χ1) is 8.58. The number of hydrogen-bond donors (Lipinski definition) is 0. The second kappa shape index (κ2) is 6.81. The molecule has 0 aliphatic rings. The molecular formula is C13H13ClO4. The SMILES string of the molecule is C=C(COc1ccc(C=O)cc1Cl)C(=O)OCC. The van der Waals surface area contributed by atoms with E-state index in [4.69, 9.17) is 21.1 Å². The van der Waals surface area contributed by atoms with Gasteiger partial charge in [0.2, 0.25) is 0 Å². The molecule has 0 atom stereocenters. The van der Waals surface area contributed by atoms with Crippen LogP contribution in [0, 0.1) is 0 Å². The van der Waals surface area contributed by atoms with Crippen LogP contribution in [0.5, 0.6) is 5.75 Å². The molecule has 0 N–H and O–H groups in total. The van der Waals surface area contributed by atoms with Crippen molar-refractivity contribution in [3.63, 3.8) is 0 Å². The van der Waals surface area contributed by atoms with E-state index in [1.807, 2.05) is 0 Å². The highest BCUT2D eigenvalue weighted by atomic mass is 35.5. The average molecular weight is 269 g/mol. The van der Waals surface area contributed by atoms with Crippen LogP contribution in [0.1, 0.15) is 17.3 Å². The molecular weight excluding hydrogens is 256 g/mol. The van der Waals surface area contributed by atoms with E-state index < -0.39 is 5.97 Å². The molecule has 0 fully saturated rings. The van der Waals surface area contributed by atoms with E-state index in [9.17, 15) is 9.59 Å². The van der Waals surface area contributed by atoms with E-state index in [0.29, 0.717) is 22.6 Å². The standard InChI is InChI=1S/C13H13ClO4/c1-3-17-13(16)9(2)8-18-12-5-4-10(7-15)6-11(12)14/h4-7H,2-3,8H2,1H3. The van der Waals surface area contributed by atoms with Gasteiger partial charge in [0.25, 0.3) is 0 Å². The number of rotatable bonds is 6. The Labute approximate surface area is 110 Å². The molecule has 5 heteroatoms. The summed E-state index contributed by atoms with van der Waals surface area (Å²) in [5, 5.41) is 0.302. The number of carbonyl (C=O) groups is 2. The number of hydrogen-bond acceptors (Lipinski definition) is 4. The van der Waals surface area contributed by atoms with Crippen molar-refractivity contribution in [2.75, 3.05) is 13.2 Å². The lowest BCUT2D eigenvalue weighted by Gasteiger charge is -2.09. The molecule has 0 unspecified atom stereocenters. The molecule has 0 aliphatic carbocycles. The highest BCUT2D eigenvalue weighted by molar-refractivity contribution is 6.32. The first-order valence-electron chi connectivity index (χ1n) is 5.31. The van der Waals surface area contributed by atoms with E-state index in [1.165, 1.54) is 6.07 Å². The second-order valence-corrected chi connectivity index (χ2v) is 3.83. The predicted octanol–water partition coefficient (Wildman–Crippen LogP) is 2.65. The Hall–Kier alpha value is -1.81. The molecule has 4 nitrogen and oxygen atoms in total. The van der Waals surface area contributed by atoms with Gasteiger partial charge in [-0.25, -0.2) is 4.79 Å². The quantitative estimate of drug-likeness (QED) is 0.452. The molecule has 0 saturated heterocycles. The van der Waals surface area contributed by atoms with Crippen LogP contribution < -0.4 is 4.74 Å². The average Bonchev–Trinajstić information content (AvgIpc) is 2.37. The summed E-state index contributed by atoms with van der Waals surface area (Å²) in [6, 6.07) is 4.61. The third kappa shape index (κ3) is 3.89. The Kier molecular flexibility index (Phi) is 5.39. The van der Waals surface area contributed by atoms with Gasteiger partial charge in [-0.1, -0.05) is 18.2 Å². The van der Waals surface area contributed by atoms with Crippen molar-refractivity contribution in [1.82, 2.24) is 0 Å². The minimum atomic E-state index is -0.502. The Bertz CT molecular complexity index is 468. The highest BCUT2D eigenvalue weighted by Crippen LogP contribution is 2.25. The molecule has 0 radical (unpaired) electrons. The zero-order valence-corrected chi connectivity index (χ0v) is 10.7. The smallest absolute Gasteiger partial charge is 0.336 e. The zero-order chi connectivity index (χ0) is 13.5. The maximum Gasteiger partial charge on any atom is 0.336 e. The van der Waals surface area contributed by atoms with Gasteiger partial charge in [0.1, 0.15) is 18.6 Å². The molecule has 18 heavy (non-hydrogen) atoms. The molecule has 0 aromatic heterocycles. The Morgan fingerprint density at radius 3 is 2.78 bits per heavy atom. The molecule has 1 rings (SSSR count). The fraction of sp³-hybridized carbons (Fsp3) is 0.231. The third-order valence-corrected chi connectivity index (χ3v) is 2.35. The summed E-state index contributed by atoms with van der Waals surface area (Å²) < 4.78 is 10.1. The lowest BCUT2D eigenvalue weighted by molar-refractivity contribution is -0.138. The maximum atomic E-state index is 11.3. The Balaban J connectivity index is 2.61. The van der Waals surface area contributed by atoms with Gasteiger partial charge in [0, 0.05) is 5.56 Å². The van der Waals surface area contributed by atoms with Crippen LogP contribution in [0.3, 0.4) is 0 Å². The van der Waals surface area contributed by atoms with Gasteiger partial charge in [0.15, 0.2) is 0 Å². The van der Waals surface area contributed by atoms with Crippen molar-refractivity contribution in [3.05, 3.63) is 40.9 Å². The largest absolute Gasteiger partial charge is 0.487 e. The van der Waals surface area contributed by atoms with Crippen LogP contribution in [-0.2, 0) is 9.53 Å². The van der Waals surface area contributed by atoms with Gasteiger partial charge >= 0.3 is 5.97 Å². The summed E-state index contributed by atoms with van der Waals surface area (Å²) in [6.45, 7) is 5.53. The van der Waals surface area contributed by atoms with Gasteiger partial charge in [0.05, 0.1) is 17.2 Å². The van der Waals surface area contributed by atoms with Crippen molar-refractivity contribution >= 4 is 23.9 Å².